The zero-order chi connectivity index (χ0) is 24.2. The monoisotopic (exact) mass is 603 g/mol. The van der Waals surface area contributed by atoms with Crippen molar-refractivity contribution in [3.8, 4) is 11.5 Å². The van der Waals surface area contributed by atoms with Crippen LogP contribution in [0.1, 0.15) is 28.4 Å². The topological polar surface area (TPSA) is 74.2 Å². The lowest BCUT2D eigenvalue weighted by atomic mass is 10.1. The molecule has 0 radical (unpaired) electrons. The SMILES string of the molecule is CCOc1cc(/C=C2\N=C(c3ccc(Br)cc3)OC2=O)cc(Br)c1OC(=O)c1ccccc1Cl. The molecule has 4 rings (SSSR count). The predicted molar refractivity (Wildman–Crippen MR) is 136 cm³/mol. The highest BCUT2D eigenvalue weighted by Crippen LogP contribution is 2.38. The minimum Gasteiger partial charge on any atom is -0.490 e. The fraction of sp³-hybridized carbons (Fsp3) is 0.0800. The van der Waals surface area contributed by atoms with E-state index in [0.29, 0.717) is 28.0 Å². The Kier molecular flexibility index (Phi) is 7.50. The molecule has 34 heavy (non-hydrogen) atoms. The standard InChI is InChI=1S/C25H16Br2ClNO5/c1-2-32-21-13-14(11-18(27)22(21)33-24(30)17-5-3-4-6-19(17)28)12-20-25(31)34-23(29-20)15-7-9-16(26)10-8-15/h3-13H,2H2,1H3/b20-12-. The zero-order valence-corrected chi connectivity index (χ0v) is 21.6. The number of carbonyl (C=O) groups is 2. The normalized spacial score (nSPS) is 14.1. The molecule has 0 aliphatic carbocycles. The van der Waals surface area contributed by atoms with Crippen molar-refractivity contribution in [1.29, 1.82) is 0 Å². The van der Waals surface area contributed by atoms with Gasteiger partial charge in [0.15, 0.2) is 17.2 Å². The van der Waals surface area contributed by atoms with Gasteiger partial charge < -0.3 is 14.2 Å². The van der Waals surface area contributed by atoms with Crippen LogP contribution in [-0.2, 0) is 9.53 Å². The summed E-state index contributed by atoms with van der Waals surface area (Å²) in [5.41, 5.74) is 1.64. The molecule has 0 amide bonds. The van der Waals surface area contributed by atoms with Crippen LogP contribution in [0.4, 0.5) is 0 Å². The van der Waals surface area contributed by atoms with Crippen molar-refractivity contribution in [2.45, 2.75) is 6.92 Å². The molecule has 1 heterocycles. The van der Waals surface area contributed by atoms with Crippen molar-refractivity contribution in [3.05, 3.63) is 97.0 Å². The molecular weight excluding hydrogens is 590 g/mol. The summed E-state index contributed by atoms with van der Waals surface area (Å²) in [7, 11) is 0. The number of nitrogens with zero attached hydrogens (tertiary/aromatic N) is 1. The van der Waals surface area contributed by atoms with E-state index in [-0.39, 0.29) is 27.9 Å². The van der Waals surface area contributed by atoms with Crippen LogP contribution < -0.4 is 9.47 Å². The van der Waals surface area contributed by atoms with Crippen molar-refractivity contribution in [3.63, 3.8) is 0 Å². The van der Waals surface area contributed by atoms with Gasteiger partial charge in [0.25, 0.3) is 0 Å². The van der Waals surface area contributed by atoms with Crippen LogP contribution in [0.15, 0.2) is 80.3 Å². The lowest BCUT2D eigenvalue weighted by molar-refractivity contribution is -0.129. The van der Waals surface area contributed by atoms with E-state index in [9.17, 15) is 9.59 Å². The largest absolute Gasteiger partial charge is 0.490 e. The molecule has 3 aromatic carbocycles. The van der Waals surface area contributed by atoms with Crippen molar-refractivity contribution in [2.24, 2.45) is 4.99 Å². The average molecular weight is 606 g/mol. The number of esters is 2. The van der Waals surface area contributed by atoms with Gasteiger partial charge in [-0.3, -0.25) is 0 Å². The van der Waals surface area contributed by atoms with E-state index in [2.05, 4.69) is 36.9 Å². The van der Waals surface area contributed by atoms with Gasteiger partial charge in [0.1, 0.15) is 0 Å². The Morgan fingerprint density at radius 3 is 2.56 bits per heavy atom. The summed E-state index contributed by atoms with van der Waals surface area (Å²) in [4.78, 5) is 29.4. The summed E-state index contributed by atoms with van der Waals surface area (Å²) >= 11 is 12.9. The molecule has 6 nitrogen and oxygen atoms in total. The average Bonchev–Trinajstić information content (AvgIpc) is 3.17. The third-order valence-electron chi connectivity index (χ3n) is 4.64. The van der Waals surface area contributed by atoms with E-state index >= 15 is 0 Å². The Labute approximate surface area is 217 Å². The molecule has 0 saturated carbocycles. The first kappa shape index (κ1) is 24.2. The fourth-order valence-corrected chi connectivity index (χ4v) is 4.11. The first-order valence-corrected chi connectivity index (χ1v) is 12.0. The van der Waals surface area contributed by atoms with Crippen LogP contribution >= 0.6 is 43.5 Å². The van der Waals surface area contributed by atoms with E-state index in [1.807, 2.05) is 19.1 Å². The highest BCUT2D eigenvalue weighted by Gasteiger charge is 2.25. The van der Waals surface area contributed by atoms with Gasteiger partial charge in [0, 0.05) is 10.0 Å². The fourth-order valence-electron chi connectivity index (χ4n) is 3.09. The van der Waals surface area contributed by atoms with Crippen molar-refractivity contribution >= 4 is 67.4 Å². The summed E-state index contributed by atoms with van der Waals surface area (Å²) in [6, 6.07) is 17.2. The van der Waals surface area contributed by atoms with Crippen molar-refractivity contribution in [1.82, 2.24) is 0 Å². The quantitative estimate of drug-likeness (QED) is 0.175. The third kappa shape index (κ3) is 5.41. The minimum absolute atomic E-state index is 0.132. The Balaban J connectivity index is 1.65. The number of ether oxygens (including phenoxy) is 3. The second kappa shape index (κ2) is 10.5. The molecule has 0 fully saturated rings. The number of rotatable bonds is 6. The molecule has 1 aliphatic rings. The van der Waals surface area contributed by atoms with Gasteiger partial charge >= 0.3 is 11.9 Å². The van der Waals surface area contributed by atoms with Gasteiger partial charge in [-0.15, -0.1) is 0 Å². The number of benzene rings is 3. The molecule has 0 N–H and O–H groups in total. The highest BCUT2D eigenvalue weighted by molar-refractivity contribution is 9.10. The molecule has 1 aliphatic heterocycles. The summed E-state index contributed by atoms with van der Waals surface area (Å²) in [5.74, 6) is -0.463. The molecular formula is C25H16Br2ClNO5. The predicted octanol–water partition coefficient (Wildman–Crippen LogP) is 6.83. The molecule has 0 spiro atoms. The van der Waals surface area contributed by atoms with E-state index in [1.165, 1.54) is 0 Å². The highest BCUT2D eigenvalue weighted by atomic mass is 79.9. The molecule has 0 atom stereocenters. The van der Waals surface area contributed by atoms with E-state index < -0.39 is 11.9 Å². The minimum atomic E-state index is -0.624. The second-order valence-corrected chi connectivity index (χ2v) is 9.15. The molecule has 172 valence electrons. The Morgan fingerprint density at radius 1 is 1.12 bits per heavy atom. The Hall–Kier alpha value is -2.94. The van der Waals surface area contributed by atoms with Crippen LogP contribution in [0.5, 0.6) is 11.5 Å². The number of hydrogen-bond acceptors (Lipinski definition) is 6. The van der Waals surface area contributed by atoms with Crippen LogP contribution in [0.2, 0.25) is 5.02 Å². The molecule has 0 bridgehead atoms. The van der Waals surface area contributed by atoms with Crippen molar-refractivity contribution in [2.75, 3.05) is 6.61 Å². The smallest absolute Gasteiger partial charge is 0.363 e. The van der Waals surface area contributed by atoms with Crippen LogP contribution in [0, 0.1) is 0 Å². The molecule has 0 saturated heterocycles. The first-order chi connectivity index (χ1) is 16.4. The number of cyclic esters (lactones) is 1. The van der Waals surface area contributed by atoms with E-state index in [0.717, 1.165) is 4.47 Å². The first-order valence-electron chi connectivity index (χ1n) is 10.1. The van der Waals surface area contributed by atoms with Gasteiger partial charge in [-0.1, -0.05) is 39.7 Å². The van der Waals surface area contributed by atoms with Crippen LogP contribution in [0.3, 0.4) is 0 Å². The summed E-state index contributed by atoms with van der Waals surface area (Å²) in [5, 5.41) is 0.280. The van der Waals surface area contributed by atoms with Crippen LogP contribution in [0.25, 0.3) is 6.08 Å². The second-order valence-electron chi connectivity index (χ2n) is 6.98. The Morgan fingerprint density at radius 2 is 1.85 bits per heavy atom. The van der Waals surface area contributed by atoms with Gasteiger partial charge in [0.2, 0.25) is 5.90 Å². The maximum atomic E-state index is 12.7. The zero-order valence-electron chi connectivity index (χ0n) is 17.7. The van der Waals surface area contributed by atoms with Gasteiger partial charge in [-0.25, -0.2) is 14.6 Å². The Bertz CT molecular complexity index is 1340. The van der Waals surface area contributed by atoms with Gasteiger partial charge in [0.05, 0.1) is 21.7 Å². The van der Waals surface area contributed by atoms with Gasteiger partial charge in [-0.05, 0) is 83.0 Å². The number of aliphatic imine (C=N–C) groups is 1. The van der Waals surface area contributed by atoms with E-state index in [4.69, 9.17) is 25.8 Å². The van der Waals surface area contributed by atoms with Crippen LogP contribution in [-0.4, -0.2) is 24.4 Å². The third-order valence-corrected chi connectivity index (χ3v) is 6.08. The number of hydrogen-bond donors (Lipinski definition) is 0. The molecule has 3 aromatic rings. The maximum absolute atomic E-state index is 12.7. The maximum Gasteiger partial charge on any atom is 0.363 e. The number of halogens is 3. The summed E-state index contributed by atoms with van der Waals surface area (Å²) in [6.45, 7) is 2.14. The van der Waals surface area contributed by atoms with E-state index in [1.54, 1.807) is 54.6 Å². The lowest BCUT2D eigenvalue weighted by Crippen LogP contribution is -2.11. The molecule has 0 aromatic heterocycles. The molecule has 0 unspecified atom stereocenters. The lowest BCUT2D eigenvalue weighted by Gasteiger charge is -2.14. The number of carbonyl (C=O) groups excluding carboxylic acids is 2. The summed E-state index contributed by atoms with van der Waals surface area (Å²) in [6.07, 6.45) is 1.57. The summed E-state index contributed by atoms with van der Waals surface area (Å²) < 4.78 is 18.0. The van der Waals surface area contributed by atoms with Gasteiger partial charge in [-0.2, -0.15) is 0 Å². The van der Waals surface area contributed by atoms with Crippen molar-refractivity contribution < 1.29 is 23.8 Å². The molecule has 9 heteroatoms.